The molecule has 4 nitrogen and oxygen atoms in total. The molecule has 0 fully saturated rings. The highest BCUT2D eigenvalue weighted by Crippen LogP contribution is 2.27. The Kier molecular flexibility index (Phi) is 2.14. The Bertz CT molecular complexity index is 511. The summed E-state index contributed by atoms with van der Waals surface area (Å²) in [6.07, 6.45) is 2.11. The van der Waals surface area contributed by atoms with Crippen molar-refractivity contribution in [3.63, 3.8) is 0 Å². The summed E-state index contributed by atoms with van der Waals surface area (Å²) in [6.45, 7) is 6.27. The summed E-state index contributed by atoms with van der Waals surface area (Å²) in [4.78, 5) is 8.51. The molecule has 0 saturated carbocycles. The van der Waals surface area contributed by atoms with E-state index in [-0.39, 0.29) is 0 Å². The van der Waals surface area contributed by atoms with Crippen LogP contribution in [0.4, 0.5) is 5.95 Å². The number of nitrogen functional groups attached to an aromatic ring is 1. The first-order valence-corrected chi connectivity index (χ1v) is 5.09. The van der Waals surface area contributed by atoms with Gasteiger partial charge in [0, 0.05) is 13.2 Å². The van der Waals surface area contributed by atoms with Crippen LogP contribution < -0.4 is 5.73 Å². The molecule has 2 aromatic heterocycles. The Hall–Kier alpha value is -1.58. The molecular weight excluding hydrogens is 188 g/mol. The molecule has 0 aliphatic carbocycles. The van der Waals surface area contributed by atoms with E-state index >= 15 is 0 Å². The van der Waals surface area contributed by atoms with Gasteiger partial charge in [0.1, 0.15) is 0 Å². The molecule has 4 heteroatoms. The average Bonchev–Trinajstić information content (AvgIpc) is 2.42. The van der Waals surface area contributed by atoms with Gasteiger partial charge < -0.3 is 10.3 Å². The van der Waals surface area contributed by atoms with Crippen LogP contribution in [-0.4, -0.2) is 14.5 Å². The second-order valence-electron chi connectivity index (χ2n) is 4.21. The molecule has 0 aliphatic heterocycles. The number of rotatable bonds is 1. The van der Waals surface area contributed by atoms with Crippen molar-refractivity contribution >= 4 is 17.0 Å². The number of anilines is 1. The van der Waals surface area contributed by atoms with Gasteiger partial charge in [-0.2, -0.15) is 0 Å². The molecule has 15 heavy (non-hydrogen) atoms. The van der Waals surface area contributed by atoms with E-state index in [9.17, 15) is 0 Å². The molecule has 0 radical (unpaired) electrons. The molecule has 0 bridgehead atoms. The van der Waals surface area contributed by atoms with Crippen LogP contribution in [0, 0.1) is 6.92 Å². The van der Waals surface area contributed by atoms with Gasteiger partial charge in [0.2, 0.25) is 5.95 Å². The number of nitrogens with two attached hydrogens (primary N) is 1. The maximum Gasteiger partial charge on any atom is 0.220 e. The van der Waals surface area contributed by atoms with Crippen molar-refractivity contribution < 1.29 is 0 Å². The molecule has 0 aromatic carbocycles. The van der Waals surface area contributed by atoms with Gasteiger partial charge in [-0.15, -0.1) is 0 Å². The normalized spacial score (nSPS) is 11.5. The van der Waals surface area contributed by atoms with Crippen LogP contribution in [0.25, 0.3) is 11.0 Å². The van der Waals surface area contributed by atoms with Crippen LogP contribution >= 0.6 is 0 Å². The second kappa shape index (κ2) is 3.22. The number of hydrogen-bond acceptors (Lipinski definition) is 3. The SMILES string of the molecule is Cc1nc(N)nc2c(C(C)C)cn(C)c12. The number of fused-ring (bicyclic) bond motifs is 1. The molecule has 80 valence electrons. The predicted octanol–water partition coefficient (Wildman–Crippen LogP) is 1.98. The Morgan fingerprint density at radius 1 is 1.33 bits per heavy atom. The zero-order valence-corrected chi connectivity index (χ0v) is 9.57. The quantitative estimate of drug-likeness (QED) is 0.772. The van der Waals surface area contributed by atoms with Gasteiger partial charge in [0.25, 0.3) is 0 Å². The van der Waals surface area contributed by atoms with E-state index in [1.54, 1.807) is 0 Å². The van der Waals surface area contributed by atoms with Gasteiger partial charge in [-0.25, -0.2) is 9.97 Å². The third-order valence-electron chi connectivity index (χ3n) is 2.66. The first-order chi connectivity index (χ1) is 7.00. The van der Waals surface area contributed by atoms with Crippen molar-refractivity contribution in [1.82, 2.24) is 14.5 Å². The van der Waals surface area contributed by atoms with E-state index in [0.717, 1.165) is 16.7 Å². The van der Waals surface area contributed by atoms with Crippen molar-refractivity contribution in [1.29, 1.82) is 0 Å². The van der Waals surface area contributed by atoms with Crippen molar-refractivity contribution in [3.8, 4) is 0 Å². The Morgan fingerprint density at radius 3 is 2.60 bits per heavy atom. The molecular formula is C11H16N4. The fourth-order valence-electron chi connectivity index (χ4n) is 1.97. The monoisotopic (exact) mass is 204 g/mol. The smallest absolute Gasteiger partial charge is 0.220 e. The van der Waals surface area contributed by atoms with Gasteiger partial charge in [0.05, 0.1) is 16.7 Å². The van der Waals surface area contributed by atoms with Crippen molar-refractivity contribution in [2.24, 2.45) is 7.05 Å². The molecule has 2 N–H and O–H groups in total. The van der Waals surface area contributed by atoms with Gasteiger partial charge in [0.15, 0.2) is 0 Å². The van der Waals surface area contributed by atoms with E-state index < -0.39 is 0 Å². The van der Waals surface area contributed by atoms with Crippen molar-refractivity contribution in [3.05, 3.63) is 17.5 Å². The first-order valence-electron chi connectivity index (χ1n) is 5.09. The summed E-state index contributed by atoms with van der Waals surface area (Å²) < 4.78 is 2.07. The third kappa shape index (κ3) is 1.46. The summed E-state index contributed by atoms with van der Waals surface area (Å²) in [5.74, 6) is 0.801. The molecule has 2 rings (SSSR count). The van der Waals surface area contributed by atoms with Crippen LogP contribution in [-0.2, 0) is 7.05 Å². The first kappa shape index (κ1) is 9.96. The number of aryl methyl sites for hydroxylation is 2. The highest BCUT2D eigenvalue weighted by Gasteiger charge is 2.14. The molecule has 0 aliphatic rings. The van der Waals surface area contributed by atoms with Crippen molar-refractivity contribution in [2.75, 3.05) is 5.73 Å². The number of aromatic nitrogens is 3. The lowest BCUT2D eigenvalue weighted by atomic mass is 10.1. The summed E-state index contributed by atoms with van der Waals surface area (Å²) in [5.41, 5.74) is 9.90. The van der Waals surface area contributed by atoms with E-state index in [1.807, 2.05) is 14.0 Å². The highest BCUT2D eigenvalue weighted by molar-refractivity contribution is 5.83. The number of nitrogens with zero attached hydrogens (tertiary/aromatic N) is 3. The summed E-state index contributed by atoms with van der Waals surface area (Å²) in [5, 5.41) is 0. The minimum Gasteiger partial charge on any atom is -0.368 e. The third-order valence-corrected chi connectivity index (χ3v) is 2.66. The van der Waals surface area contributed by atoms with Crippen molar-refractivity contribution in [2.45, 2.75) is 26.7 Å². The molecule has 0 atom stereocenters. The molecule has 2 heterocycles. The fraction of sp³-hybridized carbons (Fsp3) is 0.455. The summed E-state index contributed by atoms with van der Waals surface area (Å²) in [6, 6.07) is 0. The zero-order valence-electron chi connectivity index (χ0n) is 9.57. The largest absolute Gasteiger partial charge is 0.368 e. The minimum atomic E-state index is 0.355. The van der Waals surface area contributed by atoms with Gasteiger partial charge in [-0.3, -0.25) is 0 Å². The van der Waals surface area contributed by atoms with E-state index in [2.05, 4.69) is 34.6 Å². The topological polar surface area (TPSA) is 56.7 Å². The summed E-state index contributed by atoms with van der Waals surface area (Å²) >= 11 is 0. The van der Waals surface area contributed by atoms with Crippen LogP contribution in [0.3, 0.4) is 0 Å². The Morgan fingerprint density at radius 2 is 2.00 bits per heavy atom. The molecule has 0 unspecified atom stereocenters. The van der Waals surface area contributed by atoms with Crippen LogP contribution in [0.2, 0.25) is 0 Å². The molecule has 2 aromatic rings. The minimum absolute atomic E-state index is 0.355. The lowest BCUT2D eigenvalue weighted by Crippen LogP contribution is -1.99. The second-order valence-corrected chi connectivity index (χ2v) is 4.21. The van der Waals surface area contributed by atoms with Crippen LogP contribution in [0.15, 0.2) is 6.20 Å². The van der Waals surface area contributed by atoms with Gasteiger partial charge in [-0.1, -0.05) is 13.8 Å². The molecule has 0 amide bonds. The zero-order chi connectivity index (χ0) is 11.2. The summed E-state index contributed by atoms with van der Waals surface area (Å²) in [7, 11) is 2.01. The predicted molar refractivity (Wildman–Crippen MR) is 61.7 cm³/mol. The highest BCUT2D eigenvalue weighted by atomic mass is 15.0. The maximum absolute atomic E-state index is 5.67. The van der Waals surface area contributed by atoms with Gasteiger partial charge >= 0.3 is 0 Å². The fourth-order valence-corrected chi connectivity index (χ4v) is 1.97. The Balaban J connectivity index is 2.87. The van der Waals surface area contributed by atoms with Crippen LogP contribution in [0.5, 0.6) is 0 Å². The number of hydrogen-bond donors (Lipinski definition) is 1. The van der Waals surface area contributed by atoms with Crippen LogP contribution in [0.1, 0.15) is 31.0 Å². The Labute approximate surface area is 89.1 Å². The molecule has 0 saturated heterocycles. The van der Waals surface area contributed by atoms with E-state index in [0.29, 0.717) is 11.9 Å². The lowest BCUT2D eigenvalue weighted by Gasteiger charge is -2.03. The average molecular weight is 204 g/mol. The maximum atomic E-state index is 5.67. The lowest BCUT2D eigenvalue weighted by molar-refractivity contribution is 0.855. The van der Waals surface area contributed by atoms with E-state index in [4.69, 9.17) is 5.73 Å². The molecule has 0 spiro atoms. The van der Waals surface area contributed by atoms with Gasteiger partial charge in [-0.05, 0) is 18.4 Å². The standard InChI is InChI=1S/C11H16N4/c1-6(2)8-5-15(4)10-7(3)13-11(12)14-9(8)10/h5-6H,1-4H3,(H2,12,13,14). The van der Waals surface area contributed by atoms with E-state index in [1.165, 1.54) is 5.56 Å².